The zero-order valence-corrected chi connectivity index (χ0v) is 17.6. The highest BCUT2D eigenvalue weighted by atomic mass is 19.4. The summed E-state index contributed by atoms with van der Waals surface area (Å²) in [6, 6.07) is 2.00. The monoisotopic (exact) mass is 448 g/mol. The summed E-state index contributed by atoms with van der Waals surface area (Å²) in [4.78, 5) is 32.1. The van der Waals surface area contributed by atoms with Gasteiger partial charge in [0.25, 0.3) is 0 Å². The Kier molecular flexibility index (Phi) is 8.43. The zero-order chi connectivity index (χ0) is 23.2. The molecule has 12 heteroatoms. The number of carboxylic acid groups (broad SMARTS) is 1. The van der Waals surface area contributed by atoms with Gasteiger partial charge in [0.05, 0.1) is 13.2 Å². The van der Waals surface area contributed by atoms with Gasteiger partial charge in [0.2, 0.25) is 11.8 Å². The fraction of sp³-hybridized carbons (Fsp3) is 0.684. The van der Waals surface area contributed by atoms with Gasteiger partial charge in [0.1, 0.15) is 12.1 Å². The summed E-state index contributed by atoms with van der Waals surface area (Å²) in [6.07, 6.45) is -1.73. The molecule has 31 heavy (non-hydrogen) atoms. The molecule has 1 aromatic rings. The van der Waals surface area contributed by atoms with E-state index in [9.17, 15) is 18.0 Å². The molecule has 0 unspecified atom stereocenters. The van der Waals surface area contributed by atoms with E-state index < -0.39 is 12.1 Å². The number of carbonyl (C=O) groups is 2. The molecule has 1 amide bonds. The maximum Gasteiger partial charge on any atom is 0.490 e. The number of carbonyl (C=O) groups excluding carboxylic acids is 1. The Hall–Kier alpha value is -2.63. The Morgan fingerprint density at radius 1 is 1.32 bits per heavy atom. The van der Waals surface area contributed by atoms with E-state index in [0.29, 0.717) is 12.5 Å². The lowest BCUT2D eigenvalue weighted by molar-refractivity contribution is -0.192. The number of methoxy groups -OCH3 is 1. The first kappa shape index (κ1) is 24.6. The third-order valence-corrected chi connectivity index (χ3v) is 5.04. The van der Waals surface area contributed by atoms with Gasteiger partial charge >= 0.3 is 12.1 Å². The molecule has 1 aromatic heterocycles. The van der Waals surface area contributed by atoms with Crippen LogP contribution in [0.2, 0.25) is 0 Å². The van der Waals surface area contributed by atoms with Crippen molar-refractivity contribution < 1.29 is 37.3 Å². The first-order valence-corrected chi connectivity index (χ1v) is 9.86. The van der Waals surface area contributed by atoms with Crippen LogP contribution in [0.4, 0.5) is 19.0 Å². The highest BCUT2D eigenvalue weighted by Crippen LogP contribution is 2.35. The highest BCUT2D eigenvalue weighted by Gasteiger charge is 2.42. The maximum atomic E-state index is 12.6. The van der Waals surface area contributed by atoms with Crippen molar-refractivity contribution in [2.45, 2.75) is 45.0 Å². The van der Waals surface area contributed by atoms with Gasteiger partial charge in [-0.1, -0.05) is 0 Å². The summed E-state index contributed by atoms with van der Waals surface area (Å²) in [5.41, 5.74) is 0. The number of hydrogen-bond donors (Lipinski definition) is 2. The third kappa shape index (κ3) is 6.94. The average Bonchev–Trinajstić information content (AvgIpc) is 2.72. The number of rotatable bonds is 4. The Balaban J connectivity index is 0.000000423. The smallest absolute Gasteiger partial charge is 0.481 e. The number of alkyl halides is 3. The van der Waals surface area contributed by atoms with Gasteiger partial charge in [0, 0.05) is 43.6 Å². The van der Waals surface area contributed by atoms with Gasteiger partial charge in [0.15, 0.2) is 0 Å². The van der Waals surface area contributed by atoms with Crippen molar-refractivity contribution in [2.24, 2.45) is 11.8 Å². The molecule has 0 spiro atoms. The second-order valence-corrected chi connectivity index (χ2v) is 7.59. The summed E-state index contributed by atoms with van der Waals surface area (Å²) >= 11 is 0. The van der Waals surface area contributed by atoms with Crippen molar-refractivity contribution in [1.82, 2.24) is 15.3 Å². The van der Waals surface area contributed by atoms with Crippen molar-refractivity contribution in [2.75, 3.05) is 31.7 Å². The molecule has 174 valence electrons. The van der Waals surface area contributed by atoms with Crippen molar-refractivity contribution in [1.29, 1.82) is 0 Å². The van der Waals surface area contributed by atoms with E-state index >= 15 is 0 Å². The number of aromatic nitrogens is 2. The van der Waals surface area contributed by atoms with Crippen LogP contribution in [0, 0.1) is 11.8 Å². The highest BCUT2D eigenvalue weighted by molar-refractivity contribution is 5.79. The third-order valence-electron chi connectivity index (χ3n) is 5.04. The molecular formula is C19H27F3N4O5. The molecule has 3 atom stereocenters. The SMILES string of the molecule is COc1cc(N2CC[C@H]3OCC[C@@H](C(=O)NC(C)C)[C@H]3C2)ncn1.O=C(O)C(F)(F)F. The lowest BCUT2D eigenvalue weighted by Crippen LogP contribution is -2.54. The van der Waals surface area contributed by atoms with E-state index in [1.54, 1.807) is 7.11 Å². The average molecular weight is 448 g/mol. The number of ether oxygens (including phenoxy) is 2. The molecule has 3 heterocycles. The number of aliphatic carboxylic acids is 1. The number of fused-ring (bicyclic) bond motifs is 1. The van der Waals surface area contributed by atoms with E-state index in [1.807, 2.05) is 19.9 Å². The molecule has 0 bridgehead atoms. The number of halogens is 3. The molecule has 2 aliphatic rings. The quantitative estimate of drug-likeness (QED) is 0.718. The molecule has 0 radical (unpaired) electrons. The maximum absolute atomic E-state index is 12.6. The first-order valence-electron chi connectivity index (χ1n) is 9.86. The molecule has 3 rings (SSSR count). The molecule has 0 aliphatic carbocycles. The van der Waals surface area contributed by atoms with Crippen molar-refractivity contribution in [3.05, 3.63) is 12.4 Å². The Morgan fingerprint density at radius 3 is 2.58 bits per heavy atom. The van der Waals surface area contributed by atoms with Gasteiger partial charge in [-0.2, -0.15) is 13.2 Å². The molecule has 2 saturated heterocycles. The summed E-state index contributed by atoms with van der Waals surface area (Å²) in [5, 5.41) is 10.2. The molecule has 2 aliphatic heterocycles. The van der Waals surface area contributed by atoms with Gasteiger partial charge in [-0.05, 0) is 26.7 Å². The lowest BCUT2D eigenvalue weighted by atomic mass is 9.79. The summed E-state index contributed by atoms with van der Waals surface area (Å²) in [6.45, 7) is 6.28. The molecule has 2 fully saturated rings. The number of piperidine rings is 1. The zero-order valence-electron chi connectivity index (χ0n) is 17.6. The minimum atomic E-state index is -5.08. The second kappa shape index (κ2) is 10.6. The lowest BCUT2D eigenvalue weighted by Gasteiger charge is -2.45. The van der Waals surface area contributed by atoms with Crippen LogP contribution in [0.5, 0.6) is 5.88 Å². The number of nitrogens with zero attached hydrogens (tertiary/aromatic N) is 3. The van der Waals surface area contributed by atoms with E-state index in [-0.39, 0.29) is 29.9 Å². The van der Waals surface area contributed by atoms with Crippen LogP contribution in [0.3, 0.4) is 0 Å². The Bertz CT molecular complexity index is 762. The minimum absolute atomic E-state index is 0.00215. The predicted molar refractivity (Wildman–Crippen MR) is 104 cm³/mol. The second-order valence-electron chi connectivity index (χ2n) is 7.59. The molecule has 2 N–H and O–H groups in total. The largest absolute Gasteiger partial charge is 0.490 e. The minimum Gasteiger partial charge on any atom is -0.481 e. The summed E-state index contributed by atoms with van der Waals surface area (Å²) in [5.74, 6) is -1.03. The van der Waals surface area contributed by atoms with Crippen LogP contribution in [0.25, 0.3) is 0 Å². The fourth-order valence-corrected chi connectivity index (χ4v) is 3.65. The van der Waals surface area contributed by atoms with Crippen molar-refractivity contribution in [3.63, 3.8) is 0 Å². The van der Waals surface area contributed by atoms with Crippen LogP contribution < -0.4 is 15.0 Å². The summed E-state index contributed by atoms with van der Waals surface area (Å²) < 4.78 is 42.9. The molecular weight excluding hydrogens is 421 g/mol. The number of anilines is 1. The van der Waals surface area contributed by atoms with E-state index in [2.05, 4.69) is 20.2 Å². The Morgan fingerprint density at radius 2 is 2.00 bits per heavy atom. The van der Waals surface area contributed by atoms with Crippen LogP contribution in [-0.2, 0) is 14.3 Å². The van der Waals surface area contributed by atoms with E-state index in [4.69, 9.17) is 19.4 Å². The number of amides is 1. The normalized spacial score (nSPS) is 23.3. The van der Waals surface area contributed by atoms with Crippen LogP contribution >= 0.6 is 0 Å². The van der Waals surface area contributed by atoms with Crippen LogP contribution in [0.1, 0.15) is 26.7 Å². The van der Waals surface area contributed by atoms with Gasteiger partial charge in [-0.25, -0.2) is 14.8 Å². The van der Waals surface area contributed by atoms with Gasteiger partial charge < -0.3 is 24.8 Å². The number of carboxylic acids is 1. The number of hydrogen-bond acceptors (Lipinski definition) is 7. The van der Waals surface area contributed by atoms with E-state index in [0.717, 1.165) is 31.7 Å². The summed E-state index contributed by atoms with van der Waals surface area (Å²) in [7, 11) is 1.60. The van der Waals surface area contributed by atoms with E-state index in [1.165, 1.54) is 6.33 Å². The molecule has 0 aromatic carbocycles. The topological polar surface area (TPSA) is 114 Å². The number of nitrogens with one attached hydrogen (secondary N) is 1. The molecule has 0 saturated carbocycles. The fourth-order valence-electron chi connectivity index (χ4n) is 3.65. The van der Waals surface area contributed by atoms with Crippen molar-refractivity contribution in [3.8, 4) is 5.88 Å². The predicted octanol–water partition coefficient (Wildman–Crippen LogP) is 1.87. The Labute approximate surface area is 177 Å². The van der Waals surface area contributed by atoms with Gasteiger partial charge in [-0.3, -0.25) is 4.79 Å². The molecule has 9 nitrogen and oxygen atoms in total. The first-order chi connectivity index (χ1) is 14.5. The standard InChI is InChI=1S/C17H26N4O3.C2HF3O2/c1-11(2)20-17(22)12-5-7-24-14-4-6-21(9-13(12)14)15-8-16(23-3)19-10-18-15;3-2(4,5)1(6)7/h8,10-14H,4-7,9H2,1-3H3,(H,20,22);(H,6,7)/t12-,13-,14-;/m1./s1. The van der Waals surface area contributed by atoms with Crippen LogP contribution in [0.15, 0.2) is 12.4 Å². The van der Waals surface area contributed by atoms with Crippen molar-refractivity contribution >= 4 is 17.7 Å². The van der Waals surface area contributed by atoms with Crippen LogP contribution in [-0.4, -0.2) is 72.1 Å². The van der Waals surface area contributed by atoms with Gasteiger partial charge in [-0.15, -0.1) is 0 Å².